The number of aliphatic imine (C=N–C) groups is 1. The Hall–Kier alpha value is -0.850. The molecule has 0 aromatic carbocycles. The SMILES string of the molecule is C=C(/C=C\C)N=C(C)C.CC. The zero-order valence-electron chi connectivity index (χ0n) is 8.31. The Kier molecular flexibility index (Phi) is 10.6. The predicted molar refractivity (Wildman–Crippen MR) is 54.1 cm³/mol. The van der Waals surface area contributed by atoms with E-state index < -0.39 is 0 Å². The summed E-state index contributed by atoms with van der Waals surface area (Å²) in [5, 5.41) is 0. The van der Waals surface area contributed by atoms with Crippen molar-refractivity contribution in [3.05, 3.63) is 24.4 Å². The molecule has 0 radical (unpaired) electrons. The van der Waals surface area contributed by atoms with Crippen molar-refractivity contribution < 1.29 is 0 Å². The van der Waals surface area contributed by atoms with Crippen LogP contribution in [0.15, 0.2) is 29.4 Å². The van der Waals surface area contributed by atoms with Gasteiger partial charge < -0.3 is 0 Å². The zero-order valence-corrected chi connectivity index (χ0v) is 8.31. The maximum absolute atomic E-state index is 4.10. The van der Waals surface area contributed by atoms with Crippen LogP contribution < -0.4 is 0 Å². The van der Waals surface area contributed by atoms with Gasteiger partial charge in [0.1, 0.15) is 0 Å². The molecule has 0 aromatic heterocycles. The Morgan fingerprint density at radius 2 is 1.73 bits per heavy atom. The molecule has 0 aliphatic rings. The summed E-state index contributed by atoms with van der Waals surface area (Å²) < 4.78 is 0. The van der Waals surface area contributed by atoms with Gasteiger partial charge in [0.15, 0.2) is 0 Å². The summed E-state index contributed by atoms with van der Waals surface area (Å²) in [4.78, 5) is 4.10. The second kappa shape index (κ2) is 9.15. The molecule has 11 heavy (non-hydrogen) atoms. The molecule has 0 fully saturated rings. The number of nitrogens with zero attached hydrogens (tertiary/aromatic N) is 1. The second-order valence-corrected chi connectivity index (χ2v) is 2.05. The van der Waals surface area contributed by atoms with Crippen LogP contribution in [0.4, 0.5) is 0 Å². The summed E-state index contributed by atoms with van der Waals surface area (Å²) in [6.07, 6.45) is 3.81. The molecule has 0 heterocycles. The maximum Gasteiger partial charge on any atom is 0.0553 e. The third-order valence-corrected chi connectivity index (χ3v) is 0.726. The Labute approximate surface area is 70.5 Å². The minimum absolute atomic E-state index is 0.817. The molecule has 0 aliphatic carbocycles. The van der Waals surface area contributed by atoms with Gasteiger partial charge in [0.05, 0.1) is 5.70 Å². The highest BCUT2D eigenvalue weighted by molar-refractivity contribution is 5.80. The van der Waals surface area contributed by atoms with Crippen LogP contribution in [0.3, 0.4) is 0 Å². The van der Waals surface area contributed by atoms with Crippen LogP contribution >= 0.6 is 0 Å². The van der Waals surface area contributed by atoms with Crippen molar-refractivity contribution in [2.24, 2.45) is 4.99 Å². The minimum atomic E-state index is 0.817. The molecule has 0 aromatic rings. The van der Waals surface area contributed by atoms with E-state index in [1.807, 2.05) is 46.8 Å². The topological polar surface area (TPSA) is 12.4 Å². The van der Waals surface area contributed by atoms with Crippen molar-refractivity contribution in [1.29, 1.82) is 0 Å². The third-order valence-electron chi connectivity index (χ3n) is 0.726. The van der Waals surface area contributed by atoms with Gasteiger partial charge in [-0.2, -0.15) is 0 Å². The van der Waals surface area contributed by atoms with Gasteiger partial charge in [-0.15, -0.1) is 0 Å². The average molecular weight is 153 g/mol. The monoisotopic (exact) mass is 153 g/mol. The molecule has 0 unspecified atom stereocenters. The Balaban J connectivity index is 0. The van der Waals surface area contributed by atoms with Crippen LogP contribution in [0, 0.1) is 0 Å². The molecule has 0 rings (SSSR count). The van der Waals surface area contributed by atoms with Crippen LogP contribution in [0.25, 0.3) is 0 Å². The Morgan fingerprint density at radius 3 is 2.00 bits per heavy atom. The zero-order chi connectivity index (χ0) is 9.28. The molecule has 0 spiro atoms. The quantitative estimate of drug-likeness (QED) is 0.424. The summed E-state index contributed by atoms with van der Waals surface area (Å²) >= 11 is 0. The first kappa shape index (κ1) is 12.8. The van der Waals surface area contributed by atoms with E-state index in [0.717, 1.165) is 11.4 Å². The van der Waals surface area contributed by atoms with E-state index in [0.29, 0.717) is 0 Å². The van der Waals surface area contributed by atoms with Gasteiger partial charge in [0, 0.05) is 5.71 Å². The molecular formula is C10H19N. The van der Waals surface area contributed by atoms with Gasteiger partial charge in [0.2, 0.25) is 0 Å². The lowest BCUT2D eigenvalue weighted by Gasteiger charge is -1.89. The van der Waals surface area contributed by atoms with Crippen molar-refractivity contribution in [3.8, 4) is 0 Å². The molecule has 0 N–H and O–H groups in total. The normalized spacial score (nSPS) is 8.45. The van der Waals surface area contributed by atoms with Gasteiger partial charge >= 0.3 is 0 Å². The average Bonchev–Trinajstić information content (AvgIpc) is 1.91. The maximum atomic E-state index is 4.10. The van der Waals surface area contributed by atoms with Crippen LogP contribution in [-0.2, 0) is 0 Å². The van der Waals surface area contributed by atoms with Crippen LogP contribution in [0.1, 0.15) is 34.6 Å². The smallest absolute Gasteiger partial charge is 0.0553 e. The Bertz CT molecular complexity index is 148. The second-order valence-electron chi connectivity index (χ2n) is 2.05. The van der Waals surface area contributed by atoms with Gasteiger partial charge in [-0.3, -0.25) is 4.99 Å². The van der Waals surface area contributed by atoms with E-state index in [4.69, 9.17) is 0 Å². The lowest BCUT2D eigenvalue weighted by molar-refractivity contribution is 1.39. The largest absolute Gasteiger partial charge is 0.259 e. The van der Waals surface area contributed by atoms with E-state index >= 15 is 0 Å². The van der Waals surface area contributed by atoms with E-state index in [1.165, 1.54) is 0 Å². The van der Waals surface area contributed by atoms with E-state index in [2.05, 4.69) is 11.6 Å². The predicted octanol–water partition coefficient (Wildman–Crippen LogP) is 3.58. The van der Waals surface area contributed by atoms with Gasteiger partial charge in [-0.1, -0.05) is 26.5 Å². The lowest BCUT2D eigenvalue weighted by atomic mass is 10.4. The van der Waals surface area contributed by atoms with Crippen molar-refractivity contribution in [2.75, 3.05) is 0 Å². The van der Waals surface area contributed by atoms with Crippen molar-refractivity contribution >= 4 is 5.71 Å². The molecule has 0 aliphatic heterocycles. The summed E-state index contributed by atoms with van der Waals surface area (Å²) in [5.41, 5.74) is 1.86. The number of hydrogen-bond donors (Lipinski definition) is 0. The highest BCUT2D eigenvalue weighted by Crippen LogP contribution is 1.94. The van der Waals surface area contributed by atoms with Gasteiger partial charge in [-0.05, 0) is 26.8 Å². The highest BCUT2D eigenvalue weighted by Gasteiger charge is 1.79. The minimum Gasteiger partial charge on any atom is -0.259 e. The van der Waals surface area contributed by atoms with Crippen LogP contribution in [-0.4, -0.2) is 5.71 Å². The first-order chi connectivity index (χ1) is 5.16. The fraction of sp³-hybridized carbons (Fsp3) is 0.500. The van der Waals surface area contributed by atoms with Gasteiger partial charge in [-0.25, -0.2) is 0 Å². The van der Waals surface area contributed by atoms with Crippen molar-refractivity contribution in [2.45, 2.75) is 34.6 Å². The van der Waals surface area contributed by atoms with Gasteiger partial charge in [0.25, 0.3) is 0 Å². The van der Waals surface area contributed by atoms with E-state index in [1.54, 1.807) is 0 Å². The van der Waals surface area contributed by atoms with E-state index in [9.17, 15) is 0 Å². The molecule has 0 saturated carbocycles. The van der Waals surface area contributed by atoms with Crippen molar-refractivity contribution in [3.63, 3.8) is 0 Å². The number of hydrogen-bond acceptors (Lipinski definition) is 1. The molecule has 0 saturated heterocycles. The summed E-state index contributed by atoms with van der Waals surface area (Å²) in [7, 11) is 0. The summed E-state index contributed by atoms with van der Waals surface area (Å²) in [6, 6.07) is 0. The fourth-order valence-electron chi connectivity index (χ4n) is 0.517. The lowest BCUT2D eigenvalue weighted by Crippen LogP contribution is -1.79. The first-order valence-corrected chi connectivity index (χ1v) is 4.00. The fourth-order valence-corrected chi connectivity index (χ4v) is 0.517. The Morgan fingerprint density at radius 1 is 1.27 bits per heavy atom. The summed E-state index contributed by atoms with van der Waals surface area (Å²) in [6.45, 7) is 13.6. The molecular weight excluding hydrogens is 134 g/mol. The molecule has 64 valence electrons. The first-order valence-electron chi connectivity index (χ1n) is 4.00. The molecule has 0 amide bonds. The number of rotatable bonds is 2. The molecule has 0 bridgehead atoms. The van der Waals surface area contributed by atoms with Crippen molar-refractivity contribution in [1.82, 2.24) is 0 Å². The number of allylic oxidation sites excluding steroid dienone is 2. The van der Waals surface area contributed by atoms with Crippen LogP contribution in [0.2, 0.25) is 0 Å². The van der Waals surface area contributed by atoms with Crippen LogP contribution in [0.5, 0.6) is 0 Å². The summed E-state index contributed by atoms with van der Waals surface area (Å²) in [5.74, 6) is 0. The molecule has 1 heteroatoms. The third kappa shape index (κ3) is 12.4. The standard InChI is InChI=1S/C8H13N.C2H6/c1-5-6-8(4)9-7(2)3;1-2/h5-6H,4H2,1-3H3;1-2H3/b6-5-;. The molecule has 1 nitrogen and oxygen atoms in total. The highest BCUT2D eigenvalue weighted by atomic mass is 14.7. The van der Waals surface area contributed by atoms with E-state index in [-0.39, 0.29) is 0 Å². The molecule has 0 atom stereocenters.